The Kier molecular flexibility index (Phi) is 2.30. The molecule has 1 unspecified atom stereocenters. The Bertz CT molecular complexity index is 198. The molecule has 1 saturated heterocycles. The van der Waals surface area contributed by atoms with Gasteiger partial charge < -0.3 is 0 Å². The van der Waals surface area contributed by atoms with Crippen LogP contribution in [-0.2, 0) is 4.79 Å². The monoisotopic (exact) mass is 169 g/mol. The number of nitrogens with zero attached hydrogens (tertiary/aromatic N) is 1. The number of hydrogen-bond acceptors (Lipinski definition) is 2. The molecule has 0 aromatic carbocycles. The van der Waals surface area contributed by atoms with Gasteiger partial charge in [-0.2, -0.15) is 0 Å². The smallest absolute Gasteiger partial charge is 0.147 e. The van der Waals surface area contributed by atoms with E-state index < -0.39 is 0 Å². The van der Waals surface area contributed by atoms with E-state index in [4.69, 9.17) is 0 Å². The summed E-state index contributed by atoms with van der Waals surface area (Å²) in [6.45, 7) is 9.36. The van der Waals surface area contributed by atoms with E-state index in [1.807, 2.05) is 7.05 Å². The molecule has 70 valence electrons. The summed E-state index contributed by atoms with van der Waals surface area (Å²) in [4.78, 5) is 13.5. The number of rotatable bonds is 1. The molecule has 12 heavy (non-hydrogen) atoms. The molecule has 0 radical (unpaired) electrons. The fraction of sp³-hybridized carbons (Fsp3) is 0.900. The fourth-order valence-corrected chi connectivity index (χ4v) is 2.36. The third kappa shape index (κ3) is 1.40. The van der Waals surface area contributed by atoms with E-state index in [-0.39, 0.29) is 11.5 Å². The predicted octanol–water partition coefficient (Wildman–Crippen LogP) is 1.55. The Morgan fingerprint density at radius 1 is 1.50 bits per heavy atom. The first kappa shape index (κ1) is 9.72. The maximum atomic E-state index is 11.3. The highest BCUT2D eigenvalue weighted by Crippen LogP contribution is 2.38. The van der Waals surface area contributed by atoms with Crippen LogP contribution in [0.2, 0.25) is 0 Å². The van der Waals surface area contributed by atoms with Crippen molar-refractivity contribution >= 4 is 5.78 Å². The molecule has 0 aromatic heterocycles. The molecule has 1 aliphatic heterocycles. The van der Waals surface area contributed by atoms with E-state index >= 15 is 0 Å². The molecule has 0 aliphatic carbocycles. The predicted molar refractivity (Wildman–Crippen MR) is 50.0 cm³/mol. The van der Waals surface area contributed by atoms with Gasteiger partial charge in [0.2, 0.25) is 0 Å². The first-order chi connectivity index (χ1) is 5.36. The van der Waals surface area contributed by atoms with E-state index in [1.54, 1.807) is 6.92 Å². The van der Waals surface area contributed by atoms with Crippen molar-refractivity contribution in [2.24, 2.45) is 11.3 Å². The summed E-state index contributed by atoms with van der Waals surface area (Å²) in [5, 5.41) is 0. The largest absolute Gasteiger partial charge is 0.298 e. The molecule has 1 aliphatic rings. The van der Waals surface area contributed by atoms with Crippen LogP contribution in [0.5, 0.6) is 0 Å². The van der Waals surface area contributed by atoms with Gasteiger partial charge in [0, 0.05) is 6.54 Å². The second-order valence-corrected chi connectivity index (χ2v) is 4.75. The minimum atomic E-state index is 0.139. The van der Waals surface area contributed by atoms with Crippen molar-refractivity contribution in [3.63, 3.8) is 0 Å². The van der Waals surface area contributed by atoms with Crippen LogP contribution in [0.25, 0.3) is 0 Å². The van der Waals surface area contributed by atoms with E-state index in [9.17, 15) is 4.79 Å². The number of Topliss-reactive ketones (excluding diaryl/α,β-unsaturated/α-hetero) is 1. The third-order valence-corrected chi connectivity index (χ3v) is 3.25. The maximum Gasteiger partial charge on any atom is 0.147 e. The van der Waals surface area contributed by atoms with Gasteiger partial charge in [0.1, 0.15) is 5.78 Å². The zero-order valence-electron chi connectivity index (χ0n) is 8.72. The second kappa shape index (κ2) is 2.84. The topological polar surface area (TPSA) is 20.3 Å². The quantitative estimate of drug-likeness (QED) is 0.593. The maximum absolute atomic E-state index is 11.3. The second-order valence-electron chi connectivity index (χ2n) is 4.75. The van der Waals surface area contributed by atoms with Gasteiger partial charge in [-0.15, -0.1) is 0 Å². The van der Waals surface area contributed by atoms with Crippen molar-refractivity contribution in [3.8, 4) is 0 Å². The number of ketones is 1. The van der Waals surface area contributed by atoms with Crippen molar-refractivity contribution < 1.29 is 4.79 Å². The van der Waals surface area contributed by atoms with E-state index in [1.165, 1.54) is 0 Å². The molecule has 1 heterocycles. The molecule has 1 fully saturated rings. The molecule has 0 bridgehead atoms. The lowest BCUT2D eigenvalue weighted by molar-refractivity contribution is -0.121. The number of likely N-dealkylation sites (N-methyl/N-ethyl adjacent to an activating group) is 1. The summed E-state index contributed by atoms with van der Waals surface area (Å²) in [6, 6.07) is 0.139. The Morgan fingerprint density at radius 2 is 2.00 bits per heavy atom. The summed E-state index contributed by atoms with van der Waals surface area (Å²) in [6.07, 6.45) is 0. The zero-order chi connectivity index (χ0) is 9.52. The highest BCUT2D eigenvalue weighted by Gasteiger charge is 2.44. The van der Waals surface area contributed by atoms with Crippen LogP contribution in [0.3, 0.4) is 0 Å². The van der Waals surface area contributed by atoms with Gasteiger partial charge in [-0.05, 0) is 25.3 Å². The van der Waals surface area contributed by atoms with Crippen LogP contribution in [0.4, 0.5) is 0 Å². The molecule has 0 N–H and O–H groups in total. The summed E-state index contributed by atoms with van der Waals surface area (Å²) >= 11 is 0. The molecule has 0 spiro atoms. The average Bonchev–Trinajstić information content (AvgIpc) is 2.02. The summed E-state index contributed by atoms with van der Waals surface area (Å²) < 4.78 is 0. The fourth-order valence-electron chi connectivity index (χ4n) is 2.36. The van der Waals surface area contributed by atoms with Gasteiger partial charge >= 0.3 is 0 Å². The number of carbonyl (C=O) groups excluding carboxylic acids is 1. The Hall–Kier alpha value is -0.370. The number of likely N-dealkylation sites (tertiary alicyclic amines) is 1. The molecule has 2 atom stereocenters. The van der Waals surface area contributed by atoms with Crippen molar-refractivity contribution in [2.45, 2.75) is 33.7 Å². The molecule has 0 saturated carbocycles. The normalized spacial score (nSPS) is 35.4. The van der Waals surface area contributed by atoms with Crippen LogP contribution in [0.1, 0.15) is 27.7 Å². The zero-order valence-corrected chi connectivity index (χ0v) is 8.72. The van der Waals surface area contributed by atoms with Gasteiger partial charge in [0.25, 0.3) is 0 Å². The highest BCUT2D eigenvalue weighted by atomic mass is 16.1. The Labute approximate surface area is 74.9 Å². The lowest BCUT2D eigenvalue weighted by Gasteiger charge is -2.24. The van der Waals surface area contributed by atoms with Gasteiger partial charge in [-0.25, -0.2) is 0 Å². The molecule has 0 aromatic rings. The third-order valence-electron chi connectivity index (χ3n) is 3.25. The first-order valence-corrected chi connectivity index (χ1v) is 4.57. The lowest BCUT2D eigenvalue weighted by atomic mass is 9.79. The summed E-state index contributed by atoms with van der Waals surface area (Å²) in [7, 11) is 2.04. The first-order valence-electron chi connectivity index (χ1n) is 4.57. The van der Waals surface area contributed by atoms with Crippen molar-refractivity contribution in [3.05, 3.63) is 0 Å². The molecule has 1 rings (SSSR count). The lowest BCUT2D eigenvalue weighted by Crippen LogP contribution is -2.35. The number of hydrogen-bond donors (Lipinski definition) is 0. The Morgan fingerprint density at radius 3 is 2.17 bits per heavy atom. The minimum Gasteiger partial charge on any atom is -0.298 e. The summed E-state index contributed by atoms with van der Waals surface area (Å²) in [5.41, 5.74) is 0.283. The molecule has 2 heteroatoms. The van der Waals surface area contributed by atoms with Crippen LogP contribution < -0.4 is 0 Å². The van der Waals surface area contributed by atoms with Crippen LogP contribution in [-0.4, -0.2) is 30.3 Å². The molecule has 0 amide bonds. The van der Waals surface area contributed by atoms with E-state index in [0.29, 0.717) is 11.7 Å². The van der Waals surface area contributed by atoms with E-state index in [2.05, 4.69) is 25.7 Å². The van der Waals surface area contributed by atoms with Gasteiger partial charge in [-0.3, -0.25) is 9.69 Å². The average molecular weight is 169 g/mol. The van der Waals surface area contributed by atoms with Gasteiger partial charge in [-0.1, -0.05) is 20.8 Å². The molecular weight excluding hydrogens is 150 g/mol. The van der Waals surface area contributed by atoms with Crippen LogP contribution in [0, 0.1) is 11.3 Å². The van der Waals surface area contributed by atoms with Crippen molar-refractivity contribution in [1.82, 2.24) is 4.90 Å². The summed E-state index contributed by atoms with van der Waals surface area (Å²) in [5.74, 6) is 0.774. The number of carbonyl (C=O) groups is 1. The van der Waals surface area contributed by atoms with Crippen LogP contribution in [0.15, 0.2) is 0 Å². The van der Waals surface area contributed by atoms with Gasteiger partial charge in [0.15, 0.2) is 0 Å². The molecule has 2 nitrogen and oxygen atoms in total. The Balaban J connectivity index is 2.85. The minimum absolute atomic E-state index is 0.139. The highest BCUT2D eigenvalue weighted by molar-refractivity contribution is 5.82. The van der Waals surface area contributed by atoms with Crippen molar-refractivity contribution in [1.29, 1.82) is 0 Å². The molecular formula is C10H19NO. The van der Waals surface area contributed by atoms with E-state index in [0.717, 1.165) is 6.54 Å². The SMILES string of the molecule is CC(=O)[C@@H]1C(C)C(C)(C)CN1C. The van der Waals surface area contributed by atoms with Crippen LogP contribution >= 0.6 is 0 Å². The standard InChI is InChI=1S/C10H19NO/c1-7-9(8(2)12)11(5)6-10(7,3)4/h7,9H,6H2,1-5H3/t7?,9-/m0/s1. The van der Waals surface area contributed by atoms with Crippen molar-refractivity contribution in [2.75, 3.05) is 13.6 Å². The van der Waals surface area contributed by atoms with Gasteiger partial charge in [0.05, 0.1) is 6.04 Å².